The van der Waals surface area contributed by atoms with Crippen LogP contribution < -0.4 is 4.90 Å². The van der Waals surface area contributed by atoms with Crippen LogP contribution in [-0.4, -0.2) is 21.9 Å². The van der Waals surface area contributed by atoms with Gasteiger partial charge in [-0.3, -0.25) is 14.5 Å². The maximum atomic E-state index is 13.1. The summed E-state index contributed by atoms with van der Waals surface area (Å²) in [5.41, 5.74) is 4.74. The Morgan fingerprint density at radius 2 is 1.48 bits per heavy atom. The van der Waals surface area contributed by atoms with Gasteiger partial charge in [0.2, 0.25) is 0 Å². The summed E-state index contributed by atoms with van der Waals surface area (Å²) in [5.74, 6) is -1.58. The lowest BCUT2D eigenvalue weighted by atomic mass is 9.94. The maximum absolute atomic E-state index is 13.1. The Balaban J connectivity index is 1.94. The van der Waals surface area contributed by atoms with E-state index in [-0.39, 0.29) is 17.1 Å². The molecule has 1 heterocycles. The standard InChI is InChI=1S/C26H23NO4/c1-15-4-10-20(11-5-15)27-23(18-8-12-21(28)13-9-18)22(25(30)26(27)31)24(29)19-7-6-16(2)17(3)14-19/h4-14,23,28-29H,1-3H3/b24-22-. The molecule has 5 heteroatoms. The number of ketones is 1. The molecule has 3 aromatic carbocycles. The number of aromatic hydroxyl groups is 1. The summed E-state index contributed by atoms with van der Waals surface area (Å²) in [5, 5.41) is 20.9. The second-order valence-corrected chi connectivity index (χ2v) is 7.90. The van der Waals surface area contributed by atoms with Crippen molar-refractivity contribution in [3.63, 3.8) is 0 Å². The third-order valence-corrected chi connectivity index (χ3v) is 5.75. The van der Waals surface area contributed by atoms with E-state index in [1.165, 1.54) is 17.0 Å². The van der Waals surface area contributed by atoms with Crippen molar-refractivity contribution in [3.05, 3.63) is 100 Å². The van der Waals surface area contributed by atoms with Crippen molar-refractivity contribution in [3.8, 4) is 5.75 Å². The molecule has 1 unspecified atom stereocenters. The van der Waals surface area contributed by atoms with Crippen molar-refractivity contribution in [2.45, 2.75) is 26.8 Å². The molecule has 0 aromatic heterocycles. The summed E-state index contributed by atoms with van der Waals surface area (Å²) in [6.45, 7) is 5.83. The number of rotatable bonds is 3. The van der Waals surface area contributed by atoms with Gasteiger partial charge in [0.25, 0.3) is 11.7 Å². The summed E-state index contributed by atoms with van der Waals surface area (Å²) in [6.07, 6.45) is 0. The number of hydrogen-bond donors (Lipinski definition) is 2. The lowest BCUT2D eigenvalue weighted by Gasteiger charge is -2.25. The Kier molecular flexibility index (Phi) is 5.11. The molecule has 1 amide bonds. The average molecular weight is 413 g/mol. The van der Waals surface area contributed by atoms with Gasteiger partial charge in [0.05, 0.1) is 11.6 Å². The normalized spacial score (nSPS) is 17.9. The van der Waals surface area contributed by atoms with Crippen LogP contribution in [-0.2, 0) is 9.59 Å². The minimum Gasteiger partial charge on any atom is -0.508 e. The quantitative estimate of drug-likeness (QED) is 0.362. The van der Waals surface area contributed by atoms with E-state index in [4.69, 9.17) is 0 Å². The maximum Gasteiger partial charge on any atom is 0.300 e. The van der Waals surface area contributed by atoms with Crippen LogP contribution in [0.3, 0.4) is 0 Å². The van der Waals surface area contributed by atoms with E-state index < -0.39 is 17.7 Å². The first kappa shape index (κ1) is 20.4. The minimum absolute atomic E-state index is 0.0273. The molecule has 156 valence electrons. The van der Waals surface area contributed by atoms with Gasteiger partial charge in [0.1, 0.15) is 11.5 Å². The van der Waals surface area contributed by atoms with Gasteiger partial charge in [-0.1, -0.05) is 42.0 Å². The van der Waals surface area contributed by atoms with Crippen molar-refractivity contribution in [2.75, 3.05) is 4.90 Å². The monoisotopic (exact) mass is 413 g/mol. The zero-order valence-electron chi connectivity index (χ0n) is 17.6. The number of phenols is 1. The second kappa shape index (κ2) is 7.76. The Morgan fingerprint density at radius 3 is 2.10 bits per heavy atom. The van der Waals surface area contributed by atoms with Gasteiger partial charge in [0.15, 0.2) is 0 Å². The zero-order chi connectivity index (χ0) is 22.3. The molecular formula is C26H23NO4. The van der Waals surface area contributed by atoms with Crippen LogP contribution in [0.5, 0.6) is 5.75 Å². The predicted octanol–water partition coefficient (Wildman–Crippen LogP) is 4.94. The lowest BCUT2D eigenvalue weighted by molar-refractivity contribution is -0.132. The van der Waals surface area contributed by atoms with E-state index in [0.29, 0.717) is 16.8 Å². The molecule has 31 heavy (non-hydrogen) atoms. The van der Waals surface area contributed by atoms with E-state index in [2.05, 4.69) is 0 Å². The summed E-state index contributed by atoms with van der Waals surface area (Å²) in [6, 6.07) is 18.2. The first-order valence-electron chi connectivity index (χ1n) is 10.0. The Labute approximate surface area is 180 Å². The van der Waals surface area contributed by atoms with Crippen molar-refractivity contribution in [2.24, 2.45) is 0 Å². The molecule has 4 rings (SSSR count). The lowest BCUT2D eigenvalue weighted by Crippen LogP contribution is -2.29. The number of Topliss-reactive ketones (excluding diaryl/α,β-unsaturated/α-hetero) is 1. The van der Waals surface area contributed by atoms with Gasteiger partial charge in [-0.25, -0.2) is 0 Å². The first-order chi connectivity index (χ1) is 14.8. The number of carbonyl (C=O) groups excluding carboxylic acids is 2. The summed E-state index contributed by atoms with van der Waals surface area (Å²) in [4.78, 5) is 27.6. The van der Waals surface area contributed by atoms with E-state index in [1.807, 2.05) is 39.0 Å². The summed E-state index contributed by atoms with van der Waals surface area (Å²) >= 11 is 0. The van der Waals surface area contributed by atoms with Gasteiger partial charge in [-0.05, 0) is 67.8 Å². The molecule has 1 fully saturated rings. The SMILES string of the molecule is Cc1ccc(N2C(=O)C(=O)/C(=C(\O)c3ccc(C)c(C)c3)C2c2ccc(O)cc2)cc1. The number of benzene rings is 3. The van der Waals surface area contributed by atoms with Crippen molar-refractivity contribution in [1.29, 1.82) is 0 Å². The van der Waals surface area contributed by atoms with Gasteiger partial charge < -0.3 is 10.2 Å². The molecule has 0 bridgehead atoms. The third-order valence-electron chi connectivity index (χ3n) is 5.75. The molecule has 1 aliphatic rings. The van der Waals surface area contributed by atoms with Crippen LogP contribution in [0.15, 0.2) is 72.3 Å². The fourth-order valence-corrected chi connectivity index (χ4v) is 3.82. The van der Waals surface area contributed by atoms with Crippen LogP contribution in [0.25, 0.3) is 5.76 Å². The molecule has 3 aromatic rings. The van der Waals surface area contributed by atoms with E-state index >= 15 is 0 Å². The van der Waals surface area contributed by atoms with Crippen molar-refractivity contribution in [1.82, 2.24) is 0 Å². The molecule has 0 spiro atoms. The van der Waals surface area contributed by atoms with Gasteiger partial charge in [-0.15, -0.1) is 0 Å². The van der Waals surface area contributed by atoms with Crippen LogP contribution in [0.1, 0.15) is 33.9 Å². The molecular weight excluding hydrogens is 390 g/mol. The molecule has 0 aliphatic carbocycles. The van der Waals surface area contributed by atoms with Crippen LogP contribution in [0, 0.1) is 20.8 Å². The van der Waals surface area contributed by atoms with Crippen LogP contribution in [0.4, 0.5) is 5.69 Å². The third kappa shape index (κ3) is 3.59. The minimum atomic E-state index is -0.815. The van der Waals surface area contributed by atoms with Gasteiger partial charge in [0, 0.05) is 11.3 Å². The molecule has 1 aliphatic heterocycles. The molecule has 0 saturated carbocycles. The van der Waals surface area contributed by atoms with Gasteiger partial charge in [-0.2, -0.15) is 0 Å². The van der Waals surface area contributed by atoms with E-state index in [9.17, 15) is 19.8 Å². The van der Waals surface area contributed by atoms with Crippen molar-refractivity contribution >= 4 is 23.1 Å². The highest BCUT2D eigenvalue weighted by Crippen LogP contribution is 2.42. The van der Waals surface area contributed by atoms with Crippen LogP contribution >= 0.6 is 0 Å². The predicted molar refractivity (Wildman–Crippen MR) is 120 cm³/mol. The number of anilines is 1. The van der Waals surface area contributed by atoms with E-state index in [1.54, 1.807) is 36.4 Å². The fraction of sp³-hybridized carbons (Fsp3) is 0.154. The number of aliphatic hydroxyl groups is 1. The number of carbonyl (C=O) groups is 2. The number of aliphatic hydroxyl groups excluding tert-OH is 1. The Morgan fingerprint density at radius 1 is 0.839 bits per heavy atom. The zero-order valence-corrected chi connectivity index (χ0v) is 17.6. The largest absolute Gasteiger partial charge is 0.508 e. The second-order valence-electron chi connectivity index (χ2n) is 7.90. The average Bonchev–Trinajstić information content (AvgIpc) is 3.01. The summed E-state index contributed by atoms with van der Waals surface area (Å²) < 4.78 is 0. The highest BCUT2D eigenvalue weighted by molar-refractivity contribution is 6.51. The Hall–Kier alpha value is -3.86. The highest BCUT2D eigenvalue weighted by atomic mass is 16.3. The molecule has 2 N–H and O–H groups in total. The summed E-state index contributed by atoms with van der Waals surface area (Å²) in [7, 11) is 0. The molecule has 1 saturated heterocycles. The van der Waals surface area contributed by atoms with E-state index in [0.717, 1.165) is 16.7 Å². The molecule has 5 nitrogen and oxygen atoms in total. The number of aryl methyl sites for hydroxylation is 3. The molecule has 0 radical (unpaired) electrons. The van der Waals surface area contributed by atoms with Crippen molar-refractivity contribution < 1.29 is 19.8 Å². The Bertz CT molecular complexity index is 1210. The number of amides is 1. The number of hydrogen-bond acceptors (Lipinski definition) is 4. The topological polar surface area (TPSA) is 77.8 Å². The smallest absolute Gasteiger partial charge is 0.300 e. The van der Waals surface area contributed by atoms with Crippen LogP contribution in [0.2, 0.25) is 0 Å². The first-order valence-corrected chi connectivity index (χ1v) is 10.0. The fourth-order valence-electron chi connectivity index (χ4n) is 3.82. The van der Waals surface area contributed by atoms with Gasteiger partial charge >= 0.3 is 0 Å². The number of phenolic OH excluding ortho intramolecular Hbond substituents is 1. The highest BCUT2D eigenvalue weighted by Gasteiger charge is 2.46. The number of nitrogens with zero attached hydrogens (tertiary/aromatic N) is 1. The molecule has 1 atom stereocenters.